The summed E-state index contributed by atoms with van der Waals surface area (Å²) in [6.45, 7) is 3.00. The van der Waals surface area contributed by atoms with Gasteiger partial charge in [0.2, 0.25) is 0 Å². The lowest BCUT2D eigenvalue weighted by molar-refractivity contribution is 0.599. The van der Waals surface area contributed by atoms with Gasteiger partial charge in [-0.15, -0.1) is 11.6 Å². The van der Waals surface area contributed by atoms with Gasteiger partial charge in [0, 0.05) is 12.7 Å². The van der Waals surface area contributed by atoms with E-state index in [4.69, 9.17) is 11.6 Å². The third kappa shape index (κ3) is 3.63. The lowest BCUT2D eigenvalue weighted by Crippen LogP contribution is -2.03. The van der Waals surface area contributed by atoms with Crippen molar-refractivity contribution in [2.75, 3.05) is 12.0 Å². The largest absolute Gasteiger partial charge is 0.312 e. The van der Waals surface area contributed by atoms with Crippen molar-refractivity contribution >= 4 is 34.5 Å². The number of nitrogens with zero attached hydrogens (tertiary/aromatic N) is 3. The molecule has 0 amide bonds. The molecule has 19 heavy (non-hydrogen) atoms. The van der Waals surface area contributed by atoms with E-state index in [1.165, 1.54) is 18.6 Å². The lowest BCUT2D eigenvalue weighted by Gasteiger charge is -2.06. The quantitative estimate of drug-likeness (QED) is 0.571. The van der Waals surface area contributed by atoms with Crippen LogP contribution in [0.3, 0.4) is 0 Å². The van der Waals surface area contributed by atoms with Gasteiger partial charge in [0.15, 0.2) is 5.65 Å². The third-order valence-electron chi connectivity index (χ3n) is 3.15. The summed E-state index contributed by atoms with van der Waals surface area (Å²) in [4.78, 5) is 9.07. The maximum absolute atomic E-state index is 5.99. The summed E-state index contributed by atoms with van der Waals surface area (Å²) in [5.41, 5.74) is 3.06. The monoisotopic (exact) mass is 297 g/mol. The van der Waals surface area contributed by atoms with E-state index in [1.54, 1.807) is 0 Å². The molecule has 0 aliphatic carbocycles. The number of rotatable bonds is 7. The predicted molar refractivity (Wildman–Crippen MR) is 84.1 cm³/mol. The molecule has 104 valence electrons. The van der Waals surface area contributed by atoms with Gasteiger partial charge in [-0.1, -0.05) is 6.42 Å². The lowest BCUT2D eigenvalue weighted by atomic mass is 10.2. The molecule has 0 saturated carbocycles. The first-order valence-corrected chi connectivity index (χ1v) is 8.55. The standard InChI is InChI=1S/C14H20ClN3S/c1-11-8-12-14(16-10-11)18(13(9-15)17-12)6-4-3-5-7-19-2/h8,10H,3-7,9H2,1-2H3. The van der Waals surface area contributed by atoms with Crippen LogP contribution in [0.5, 0.6) is 0 Å². The van der Waals surface area contributed by atoms with Gasteiger partial charge in [0.05, 0.1) is 5.88 Å². The second-order valence-electron chi connectivity index (χ2n) is 4.72. The summed E-state index contributed by atoms with van der Waals surface area (Å²) in [6, 6.07) is 2.07. The van der Waals surface area contributed by atoms with Crippen molar-refractivity contribution in [2.45, 2.75) is 38.6 Å². The zero-order valence-electron chi connectivity index (χ0n) is 11.5. The molecule has 3 nitrogen and oxygen atoms in total. The fraction of sp³-hybridized carbons (Fsp3) is 0.571. The van der Waals surface area contributed by atoms with Gasteiger partial charge in [-0.2, -0.15) is 11.8 Å². The van der Waals surface area contributed by atoms with Crippen LogP contribution in [-0.2, 0) is 12.4 Å². The molecule has 0 aliphatic heterocycles. The normalized spacial score (nSPS) is 11.3. The van der Waals surface area contributed by atoms with Crippen molar-refractivity contribution in [3.63, 3.8) is 0 Å². The van der Waals surface area contributed by atoms with Gasteiger partial charge in [0.25, 0.3) is 0 Å². The Bertz CT molecular complexity index is 539. The number of fused-ring (bicyclic) bond motifs is 1. The van der Waals surface area contributed by atoms with Crippen LogP contribution < -0.4 is 0 Å². The number of alkyl halides is 1. The molecular weight excluding hydrogens is 278 g/mol. The third-order valence-corrected chi connectivity index (χ3v) is 4.09. The second kappa shape index (κ2) is 7.15. The van der Waals surface area contributed by atoms with E-state index in [9.17, 15) is 0 Å². The number of aryl methyl sites for hydroxylation is 2. The highest BCUT2D eigenvalue weighted by atomic mass is 35.5. The zero-order chi connectivity index (χ0) is 13.7. The predicted octanol–water partition coefficient (Wildman–Crippen LogP) is 4.01. The number of unbranched alkanes of at least 4 members (excludes halogenated alkanes) is 2. The van der Waals surface area contributed by atoms with E-state index in [2.05, 4.69) is 26.9 Å². The van der Waals surface area contributed by atoms with Crippen LogP contribution in [0.15, 0.2) is 12.3 Å². The highest BCUT2D eigenvalue weighted by molar-refractivity contribution is 7.98. The minimum Gasteiger partial charge on any atom is -0.312 e. The van der Waals surface area contributed by atoms with Crippen LogP contribution in [0.25, 0.3) is 11.2 Å². The number of thioether (sulfide) groups is 1. The Labute approximate surface area is 123 Å². The molecular formula is C14H20ClN3S. The Morgan fingerprint density at radius 1 is 1.32 bits per heavy atom. The maximum Gasteiger partial charge on any atom is 0.160 e. The highest BCUT2D eigenvalue weighted by Crippen LogP contribution is 2.18. The minimum absolute atomic E-state index is 0.445. The summed E-state index contributed by atoms with van der Waals surface area (Å²) < 4.78 is 2.17. The van der Waals surface area contributed by atoms with Crippen LogP contribution in [-0.4, -0.2) is 26.5 Å². The molecule has 0 bridgehead atoms. The summed E-state index contributed by atoms with van der Waals surface area (Å²) in [5, 5.41) is 0. The zero-order valence-corrected chi connectivity index (χ0v) is 13.1. The summed E-state index contributed by atoms with van der Waals surface area (Å²) >= 11 is 7.90. The molecule has 0 aromatic carbocycles. The first-order chi connectivity index (χ1) is 9.26. The van der Waals surface area contributed by atoms with E-state index in [1.807, 2.05) is 24.9 Å². The Kier molecular flexibility index (Phi) is 5.52. The molecule has 2 aromatic heterocycles. The van der Waals surface area contributed by atoms with Crippen LogP contribution in [0.2, 0.25) is 0 Å². The Balaban J connectivity index is 2.11. The van der Waals surface area contributed by atoms with E-state index >= 15 is 0 Å². The van der Waals surface area contributed by atoms with Crippen LogP contribution in [0, 0.1) is 6.92 Å². The Morgan fingerprint density at radius 3 is 2.89 bits per heavy atom. The molecule has 0 saturated heterocycles. The average molecular weight is 298 g/mol. The smallest absolute Gasteiger partial charge is 0.160 e. The van der Waals surface area contributed by atoms with E-state index in [-0.39, 0.29) is 0 Å². The maximum atomic E-state index is 5.99. The van der Waals surface area contributed by atoms with E-state index in [0.717, 1.165) is 35.5 Å². The van der Waals surface area contributed by atoms with Crippen molar-refractivity contribution in [2.24, 2.45) is 0 Å². The van der Waals surface area contributed by atoms with E-state index in [0.29, 0.717) is 5.88 Å². The molecule has 0 aliphatic rings. The van der Waals surface area contributed by atoms with Gasteiger partial charge in [0.1, 0.15) is 11.3 Å². The molecule has 0 spiro atoms. The number of halogens is 1. The molecule has 2 rings (SSSR count). The van der Waals surface area contributed by atoms with Crippen molar-refractivity contribution < 1.29 is 0 Å². The molecule has 0 radical (unpaired) electrons. The fourth-order valence-corrected chi connectivity index (χ4v) is 2.89. The molecule has 0 unspecified atom stereocenters. The summed E-state index contributed by atoms with van der Waals surface area (Å²) in [6.07, 6.45) is 7.73. The topological polar surface area (TPSA) is 30.7 Å². The molecule has 0 fully saturated rings. The fourth-order valence-electron chi connectivity index (χ4n) is 2.19. The van der Waals surface area contributed by atoms with Crippen LogP contribution in [0.4, 0.5) is 0 Å². The van der Waals surface area contributed by atoms with Gasteiger partial charge in [-0.05, 0) is 43.4 Å². The minimum atomic E-state index is 0.445. The van der Waals surface area contributed by atoms with E-state index < -0.39 is 0 Å². The Hall–Kier alpha value is -0.740. The van der Waals surface area contributed by atoms with Crippen LogP contribution >= 0.6 is 23.4 Å². The number of hydrogen-bond donors (Lipinski definition) is 0. The van der Waals surface area contributed by atoms with Crippen molar-refractivity contribution in [3.05, 3.63) is 23.7 Å². The number of pyridine rings is 1. The molecule has 0 atom stereocenters. The summed E-state index contributed by atoms with van der Waals surface area (Å²) in [7, 11) is 0. The molecule has 2 heterocycles. The first kappa shape index (κ1) is 14.7. The molecule has 0 N–H and O–H groups in total. The first-order valence-electron chi connectivity index (χ1n) is 6.63. The molecule has 2 aromatic rings. The molecule has 5 heteroatoms. The second-order valence-corrected chi connectivity index (χ2v) is 5.98. The van der Waals surface area contributed by atoms with Crippen molar-refractivity contribution in [1.82, 2.24) is 14.5 Å². The van der Waals surface area contributed by atoms with Gasteiger partial charge >= 0.3 is 0 Å². The summed E-state index contributed by atoms with van der Waals surface area (Å²) in [5.74, 6) is 2.62. The van der Waals surface area contributed by atoms with Crippen molar-refractivity contribution in [3.8, 4) is 0 Å². The van der Waals surface area contributed by atoms with Gasteiger partial charge in [-0.3, -0.25) is 0 Å². The van der Waals surface area contributed by atoms with Crippen LogP contribution in [0.1, 0.15) is 30.7 Å². The number of hydrogen-bond acceptors (Lipinski definition) is 3. The SMILES string of the molecule is CSCCCCCn1c(CCl)nc2cc(C)cnc21. The number of imidazole rings is 1. The van der Waals surface area contributed by atoms with Crippen molar-refractivity contribution in [1.29, 1.82) is 0 Å². The average Bonchev–Trinajstić information content (AvgIpc) is 2.75. The highest BCUT2D eigenvalue weighted by Gasteiger charge is 2.10. The van der Waals surface area contributed by atoms with Gasteiger partial charge in [-0.25, -0.2) is 9.97 Å². The van der Waals surface area contributed by atoms with Gasteiger partial charge < -0.3 is 4.57 Å². The Morgan fingerprint density at radius 2 is 2.16 bits per heavy atom. The number of aromatic nitrogens is 3.